The fraction of sp³-hybridized carbons (Fsp3) is 0.0204. The van der Waals surface area contributed by atoms with E-state index in [2.05, 4.69) is 180 Å². The van der Waals surface area contributed by atoms with Crippen LogP contribution in [0, 0.1) is 0 Å². The van der Waals surface area contributed by atoms with Crippen LogP contribution in [0.2, 0.25) is 0 Å². The third-order valence-corrected chi connectivity index (χ3v) is 16.1. The number of fused-ring (bicyclic) bond motifs is 8. The number of imidazole rings is 1. The fourth-order valence-corrected chi connectivity index (χ4v) is 13.8. The van der Waals surface area contributed by atoms with Gasteiger partial charge in [0.2, 0.25) is 0 Å². The molecule has 11 rings (SSSR count). The van der Waals surface area contributed by atoms with Crippen LogP contribution in [0.1, 0.15) is 0 Å². The van der Waals surface area contributed by atoms with Crippen LogP contribution in [-0.2, 0) is 7.05 Å². The second kappa shape index (κ2) is 12.3. The predicted molar refractivity (Wildman–Crippen MR) is 229 cm³/mol. The molecule has 55 heavy (non-hydrogen) atoms. The van der Waals surface area contributed by atoms with Gasteiger partial charge in [-0.25, -0.2) is 9.97 Å². The molecule has 0 fully saturated rings. The molecule has 0 unspecified atom stereocenters. The van der Waals surface area contributed by atoms with Crippen molar-refractivity contribution in [2.45, 2.75) is 0 Å². The smallest absolute Gasteiger partial charge is 0.179 e. The zero-order chi connectivity index (χ0) is 36.5. The Morgan fingerprint density at radius 1 is 0.509 bits per heavy atom. The molecule has 0 radical (unpaired) electrons. The molecular formula is C49H34N4OSi. The van der Waals surface area contributed by atoms with Gasteiger partial charge in [0.15, 0.2) is 8.07 Å². The molecule has 0 N–H and O–H groups in total. The number of rotatable bonds is 6. The molecule has 6 heteroatoms. The highest BCUT2D eigenvalue weighted by molar-refractivity contribution is 7.20. The molecule has 0 saturated heterocycles. The van der Waals surface area contributed by atoms with Crippen LogP contribution in [0.5, 0.6) is 0 Å². The van der Waals surface area contributed by atoms with Gasteiger partial charge in [-0.2, -0.15) is 0 Å². The number of aromatic nitrogens is 4. The highest BCUT2D eigenvalue weighted by atomic mass is 28.3. The molecule has 0 atom stereocenters. The number of nitrogens with zero attached hydrogens (tertiary/aromatic N) is 4. The maximum Gasteiger partial charge on any atom is 0.179 e. The van der Waals surface area contributed by atoms with Gasteiger partial charge < -0.3 is 8.98 Å². The first-order chi connectivity index (χ1) is 27.2. The van der Waals surface area contributed by atoms with Gasteiger partial charge in [-0.1, -0.05) is 127 Å². The summed E-state index contributed by atoms with van der Waals surface area (Å²) in [6.45, 7) is 0. The minimum Gasteiger partial charge on any atom is -0.456 e. The third kappa shape index (κ3) is 4.65. The van der Waals surface area contributed by atoms with Crippen LogP contribution < -0.4 is 20.7 Å². The van der Waals surface area contributed by atoms with E-state index in [0.29, 0.717) is 0 Å². The van der Waals surface area contributed by atoms with Crippen molar-refractivity contribution in [3.8, 4) is 17.1 Å². The maximum absolute atomic E-state index is 6.37. The van der Waals surface area contributed by atoms with Crippen molar-refractivity contribution < 1.29 is 4.42 Å². The Balaban J connectivity index is 1.20. The van der Waals surface area contributed by atoms with Crippen LogP contribution >= 0.6 is 0 Å². The lowest BCUT2D eigenvalue weighted by atomic mass is 10.1. The molecule has 0 saturated carbocycles. The number of benzene rings is 7. The van der Waals surface area contributed by atoms with Gasteiger partial charge in [0, 0.05) is 46.0 Å². The van der Waals surface area contributed by atoms with E-state index in [1.165, 1.54) is 20.7 Å². The van der Waals surface area contributed by atoms with E-state index in [0.717, 1.165) is 72.0 Å². The SMILES string of the molecule is Cn1c(-c2cccc([Si](c3ccccc3)(c3ccccc3)c3cccc(-n4c5ccc6oc7ccccc7c6c5c5cccnc54)c3)c2)nc2ccccc21. The van der Waals surface area contributed by atoms with Crippen LogP contribution in [0.3, 0.4) is 0 Å². The van der Waals surface area contributed by atoms with Crippen molar-refractivity contribution in [3.05, 3.63) is 188 Å². The molecule has 4 heterocycles. The van der Waals surface area contributed by atoms with Crippen molar-refractivity contribution in [2.24, 2.45) is 7.05 Å². The maximum atomic E-state index is 6.37. The number of furan rings is 1. The minimum atomic E-state index is -2.95. The van der Waals surface area contributed by atoms with E-state index < -0.39 is 8.07 Å². The monoisotopic (exact) mass is 722 g/mol. The highest BCUT2D eigenvalue weighted by Gasteiger charge is 2.42. The molecular weight excluding hydrogens is 689 g/mol. The van der Waals surface area contributed by atoms with Gasteiger partial charge in [-0.05, 0) is 75.3 Å². The van der Waals surface area contributed by atoms with Gasteiger partial charge in [0.1, 0.15) is 22.6 Å². The molecule has 0 spiro atoms. The average Bonchev–Trinajstić information content (AvgIpc) is 3.91. The summed E-state index contributed by atoms with van der Waals surface area (Å²) in [6, 6.07) is 65.7. The zero-order valence-corrected chi connectivity index (χ0v) is 31.1. The standard InChI is InChI=1S/C49H34N4OSi/c1-52-42-26-10-9-25-41(42)51-48(52)33-15-12-21-37(31-33)55(35-17-4-2-5-18-35,36-19-6-3-7-20-36)38-22-13-16-34(32-38)53-43-28-29-45-47(39-23-8-11-27-44(39)54-45)46(43)40-24-14-30-50-49(40)53/h2-32H,1H3. The highest BCUT2D eigenvalue weighted by Crippen LogP contribution is 2.40. The lowest BCUT2D eigenvalue weighted by Crippen LogP contribution is -2.74. The lowest BCUT2D eigenvalue weighted by molar-refractivity contribution is 0.669. The molecule has 11 aromatic rings. The summed E-state index contributed by atoms with van der Waals surface area (Å²) < 4.78 is 10.9. The number of aryl methyl sites for hydroxylation is 1. The van der Waals surface area contributed by atoms with E-state index >= 15 is 0 Å². The minimum absolute atomic E-state index is 0.880. The van der Waals surface area contributed by atoms with E-state index in [-0.39, 0.29) is 0 Å². The van der Waals surface area contributed by atoms with Gasteiger partial charge in [0.05, 0.1) is 16.6 Å². The average molecular weight is 723 g/mol. The Bertz CT molecular complexity index is 3190. The van der Waals surface area contributed by atoms with Crippen molar-refractivity contribution in [2.75, 3.05) is 0 Å². The molecule has 4 aromatic heterocycles. The first kappa shape index (κ1) is 31.5. The predicted octanol–water partition coefficient (Wildman–Crippen LogP) is 9.01. The second-order valence-electron chi connectivity index (χ2n) is 14.2. The van der Waals surface area contributed by atoms with Gasteiger partial charge in [0.25, 0.3) is 0 Å². The van der Waals surface area contributed by atoms with Gasteiger partial charge >= 0.3 is 0 Å². The topological polar surface area (TPSA) is 48.8 Å². The number of hydrogen-bond donors (Lipinski definition) is 0. The van der Waals surface area contributed by atoms with Crippen LogP contribution in [0.15, 0.2) is 193 Å². The Hall–Kier alpha value is -7.02. The summed E-state index contributed by atoms with van der Waals surface area (Å²) in [7, 11) is -0.844. The largest absolute Gasteiger partial charge is 0.456 e. The molecule has 0 aliphatic rings. The lowest BCUT2D eigenvalue weighted by Gasteiger charge is -2.35. The van der Waals surface area contributed by atoms with Crippen molar-refractivity contribution >= 4 is 83.7 Å². The number of hydrogen-bond acceptors (Lipinski definition) is 3. The summed E-state index contributed by atoms with van der Waals surface area (Å²) in [4.78, 5) is 10.2. The first-order valence-corrected chi connectivity index (χ1v) is 20.6. The second-order valence-corrected chi connectivity index (χ2v) is 18.0. The summed E-state index contributed by atoms with van der Waals surface area (Å²) in [5.41, 5.74) is 8.06. The molecule has 0 aliphatic heterocycles. The van der Waals surface area contributed by atoms with Crippen LogP contribution in [0.25, 0.3) is 72.0 Å². The summed E-state index contributed by atoms with van der Waals surface area (Å²) >= 11 is 0. The molecule has 0 amide bonds. The van der Waals surface area contributed by atoms with E-state index in [1.807, 2.05) is 24.4 Å². The summed E-state index contributed by atoms with van der Waals surface area (Å²) in [6.07, 6.45) is 1.89. The quantitative estimate of drug-likeness (QED) is 0.127. The Kier molecular flexibility index (Phi) is 7.02. The fourth-order valence-electron chi connectivity index (χ4n) is 8.96. The Morgan fingerprint density at radius 3 is 1.98 bits per heavy atom. The summed E-state index contributed by atoms with van der Waals surface area (Å²) in [5.74, 6) is 0.954. The molecule has 7 aromatic carbocycles. The van der Waals surface area contributed by atoms with E-state index in [9.17, 15) is 0 Å². The third-order valence-electron chi connectivity index (χ3n) is 11.3. The number of para-hydroxylation sites is 3. The molecule has 5 nitrogen and oxygen atoms in total. The van der Waals surface area contributed by atoms with E-state index in [1.54, 1.807) is 0 Å². The van der Waals surface area contributed by atoms with Crippen LogP contribution in [-0.4, -0.2) is 27.2 Å². The molecule has 0 bridgehead atoms. The molecule has 260 valence electrons. The Morgan fingerprint density at radius 2 is 1.18 bits per heavy atom. The first-order valence-electron chi connectivity index (χ1n) is 18.6. The molecule has 0 aliphatic carbocycles. The number of pyridine rings is 1. The van der Waals surface area contributed by atoms with Crippen molar-refractivity contribution in [1.29, 1.82) is 0 Å². The zero-order valence-electron chi connectivity index (χ0n) is 30.1. The van der Waals surface area contributed by atoms with Crippen molar-refractivity contribution in [1.82, 2.24) is 19.1 Å². The summed E-state index contributed by atoms with van der Waals surface area (Å²) in [5, 5.41) is 9.69. The Labute approximate surface area is 318 Å². The van der Waals surface area contributed by atoms with Crippen molar-refractivity contribution in [3.63, 3.8) is 0 Å². The van der Waals surface area contributed by atoms with Gasteiger partial charge in [-0.15, -0.1) is 0 Å². The van der Waals surface area contributed by atoms with Crippen LogP contribution in [0.4, 0.5) is 0 Å². The van der Waals surface area contributed by atoms with Gasteiger partial charge in [-0.3, -0.25) is 4.57 Å². The van der Waals surface area contributed by atoms with E-state index in [4.69, 9.17) is 14.4 Å². The normalized spacial score (nSPS) is 12.1.